The molecule has 100 valence electrons. The first-order valence-electron chi connectivity index (χ1n) is 6.01. The predicted octanol–water partition coefficient (Wildman–Crippen LogP) is 3.81. The molecule has 4 nitrogen and oxygen atoms in total. The average Bonchev–Trinajstić information content (AvgIpc) is 2.83. The average molecular weight is 323 g/mol. The van der Waals surface area contributed by atoms with Crippen LogP contribution in [0.15, 0.2) is 21.1 Å². The number of benzene rings is 1. The van der Waals surface area contributed by atoms with E-state index in [4.69, 9.17) is 4.52 Å². The van der Waals surface area contributed by atoms with Crippen molar-refractivity contribution in [2.45, 2.75) is 33.6 Å². The zero-order valence-electron chi connectivity index (χ0n) is 11.3. The van der Waals surface area contributed by atoms with Crippen molar-refractivity contribution in [3.05, 3.63) is 33.6 Å². The maximum Gasteiger partial charge on any atom is 0.237 e. The normalized spacial score (nSPS) is 12.5. The Morgan fingerprint density at radius 2 is 1.89 bits per heavy atom. The quantitative estimate of drug-likeness (QED) is 0.862. The van der Waals surface area contributed by atoms with Crippen LogP contribution in [0.4, 0.5) is 0 Å². The van der Waals surface area contributed by atoms with Crippen molar-refractivity contribution >= 4 is 21.7 Å². The number of aryl methyl sites for hydroxylation is 2. The van der Waals surface area contributed by atoms with Gasteiger partial charge in [-0.15, -0.1) is 0 Å². The lowest BCUT2D eigenvalue weighted by atomic mass is 10.1. The number of Topliss-reactive ketones (excluding diaryl/α,β-unsaturated/α-hetero) is 1. The molecule has 2 aromatic rings. The van der Waals surface area contributed by atoms with Crippen LogP contribution >= 0.6 is 15.9 Å². The van der Waals surface area contributed by atoms with Crippen molar-refractivity contribution in [2.24, 2.45) is 0 Å². The minimum absolute atomic E-state index is 0.0124. The lowest BCUT2D eigenvalue weighted by Crippen LogP contribution is -2.04. The molecule has 0 radical (unpaired) electrons. The van der Waals surface area contributed by atoms with Gasteiger partial charge < -0.3 is 4.52 Å². The van der Waals surface area contributed by atoms with Crippen LogP contribution in [0.25, 0.3) is 11.4 Å². The van der Waals surface area contributed by atoms with Crippen molar-refractivity contribution in [1.29, 1.82) is 0 Å². The van der Waals surface area contributed by atoms with Gasteiger partial charge >= 0.3 is 0 Å². The van der Waals surface area contributed by atoms with Gasteiger partial charge in [0.25, 0.3) is 0 Å². The minimum atomic E-state index is -0.362. The van der Waals surface area contributed by atoms with E-state index in [-0.39, 0.29) is 11.7 Å². The Labute approximate surface area is 120 Å². The highest BCUT2D eigenvalue weighted by atomic mass is 79.9. The fourth-order valence-electron chi connectivity index (χ4n) is 1.78. The SMILES string of the molecule is CC(=O)C(C)c1nc(-c2cc(C)c(Br)c(C)c2)no1. The summed E-state index contributed by atoms with van der Waals surface area (Å²) < 4.78 is 6.24. The lowest BCUT2D eigenvalue weighted by molar-refractivity contribution is -0.118. The van der Waals surface area contributed by atoms with Gasteiger partial charge in [-0.2, -0.15) is 4.98 Å². The van der Waals surface area contributed by atoms with E-state index in [9.17, 15) is 4.79 Å². The molecule has 5 heteroatoms. The zero-order valence-corrected chi connectivity index (χ0v) is 12.9. The van der Waals surface area contributed by atoms with E-state index in [1.54, 1.807) is 6.92 Å². The summed E-state index contributed by atoms with van der Waals surface area (Å²) in [5, 5.41) is 3.95. The maximum absolute atomic E-state index is 11.3. The molecule has 0 saturated heterocycles. The molecule has 0 aliphatic carbocycles. The second-order valence-electron chi connectivity index (χ2n) is 4.71. The van der Waals surface area contributed by atoms with Crippen molar-refractivity contribution < 1.29 is 9.32 Å². The molecule has 1 aromatic carbocycles. The number of carbonyl (C=O) groups excluding carboxylic acids is 1. The second-order valence-corrected chi connectivity index (χ2v) is 5.51. The van der Waals surface area contributed by atoms with Crippen molar-refractivity contribution in [3.8, 4) is 11.4 Å². The first kappa shape index (κ1) is 13.9. The largest absolute Gasteiger partial charge is 0.338 e. The van der Waals surface area contributed by atoms with Crippen LogP contribution in [-0.4, -0.2) is 15.9 Å². The molecule has 0 bridgehead atoms. The number of nitrogens with zero attached hydrogens (tertiary/aromatic N) is 2. The molecule has 1 heterocycles. The second kappa shape index (κ2) is 5.25. The smallest absolute Gasteiger partial charge is 0.237 e. The van der Waals surface area contributed by atoms with Gasteiger partial charge in [0.15, 0.2) is 0 Å². The summed E-state index contributed by atoms with van der Waals surface area (Å²) in [7, 11) is 0. The third-order valence-electron chi connectivity index (χ3n) is 3.12. The van der Waals surface area contributed by atoms with Crippen LogP contribution in [-0.2, 0) is 4.79 Å². The third kappa shape index (κ3) is 2.76. The molecule has 1 atom stereocenters. The molecular formula is C14H15BrN2O2. The summed E-state index contributed by atoms with van der Waals surface area (Å²) in [4.78, 5) is 15.6. The first-order chi connectivity index (χ1) is 8.90. The van der Waals surface area contributed by atoms with Crippen LogP contribution in [0, 0.1) is 13.8 Å². The Bertz CT molecular complexity index is 611. The number of rotatable bonds is 3. The van der Waals surface area contributed by atoms with Crippen LogP contribution in [0.3, 0.4) is 0 Å². The standard InChI is InChI=1S/C14H15BrN2O2/c1-7-5-11(6-8(2)12(7)15)13-16-14(19-17-13)9(3)10(4)18/h5-6,9H,1-4H3. The molecule has 0 amide bonds. The lowest BCUT2D eigenvalue weighted by Gasteiger charge is -2.04. The van der Waals surface area contributed by atoms with Crippen LogP contribution in [0.2, 0.25) is 0 Å². The Kier molecular flexibility index (Phi) is 3.85. The molecule has 0 aliphatic rings. The minimum Gasteiger partial charge on any atom is -0.338 e. The fourth-order valence-corrected chi connectivity index (χ4v) is 2.01. The highest BCUT2D eigenvalue weighted by molar-refractivity contribution is 9.10. The number of carbonyl (C=O) groups is 1. The zero-order chi connectivity index (χ0) is 14.2. The molecule has 0 fully saturated rings. The molecule has 0 spiro atoms. The van der Waals surface area contributed by atoms with Gasteiger partial charge in [-0.3, -0.25) is 4.79 Å². The van der Waals surface area contributed by atoms with Crippen LogP contribution in [0.1, 0.15) is 36.8 Å². The topological polar surface area (TPSA) is 56.0 Å². The van der Waals surface area contributed by atoms with E-state index in [1.165, 1.54) is 6.92 Å². The monoisotopic (exact) mass is 322 g/mol. The van der Waals surface area contributed by atoms with Crippen molar-refractivity contribution in [1.82, 2.24) is 10.1 Å². The molecule has 1 unspecified atom stereocenters. The van der Waals surface area contributed by atoms with E-state index in [2.05, 4.69) is 26.1 Å². The molecule has 0 saturated carbocycles. The Balaban J connectivity index is 2.41. The number of hydrogen-bond acceptors (Lipinski definition) is 4. The number of halogens is 1. The molecule has 1 aromatic heterocycles. The van der Waals surface area contributed by atoms with E-state index >= 15 is 0 Å². The van der Waals surface area contributed by atoms with Gasteiger partial charge in [0.05, 0.1) is 5.92 Å². The number of ketones is 1. The molecule has 0 aliphatic heterocycles. The molecule has 19 heavy (non-hydrogen) atoms. The maximum atomic E-state index is 11.3. The first-order valence-corrected chi connectivity index (χ1v) is 6.80. The van der Waals surface area contributed by atoms with Gasteiger partial charge in [-0.25, -0.2) is 0 Å². The van der Waals surface area contributed by atoms with Gasteiger partial charge in [0.2, 0.25) is 11.7 Å². The van der Waals surface area contributed by atoms with Crippen molar-refractivity contribution in [2.75, 3.05) is 0 Å². The highest BCUT2D eigenvalue weighted by Gasteiger charge is 2.19. The summed E-state index contributed by atoms with van der Waals surface area (Å²) in [6.07, 6.45) is 0. The Morgan fingerprint density at radius 3 is 2.42 bits per heavy atom. The fraction of sp³-hybridized carbons (Fsp3) is 0.357. The summed E-state index contributed by atoms with van der Waals surface area (Å²) in [6, 6.07) is 3.98. The number of aromatic nitrogens is 2. The summed E-state index contributed by atoms with van der Waals surface area (Å²) in [5.41, 5.74) is 3.12. The van der Waals surface area contributed by atoms with Gasteiger partial charge in [-0.05, 0) is 51.0 Å². The Morgan fingerprint density at radius 1 is 1.32 bits per heavy atom. The molecular weight excluding hydrogens is 308 g/mol. The molecule has 0 N–H and O–H groups in total. The van der Waals surface area contributed by atoms with E-state index in [0.29, 0.717) is 11.7 Å². The third-order valence-corrected chi connectivity index (χ3v) is 4.37. The highest BCUT2D eigenvalue weighted by Crippen LogP contribution is 2.27. The summed E-state index contributed by atoms with van der Waals surface area (Å²) >= 11 is 3.52. The van der Waals surface area contributed by atoms with Crippen LogP contribution < -0.4 is 0 Å². The summed E-state index contributed by atoms with van der Waals surface area (Å²) in [6.45, 7) is 7.31. The van der Waals surface area contributed by atoms with E-state index < -0.39 is 0 Å². The Hall–Kier alpha value is -1.49. The molecule has 2 rings (SSSR count). The predicted molar refractivity (Wildman–Crippen MR) is 76.0 cm³/mol. The van der Waals surface area contributed by atoms with Gasteiger partial charge in [0.1, 0.15) is 5.78 Å². The van der Waals surface area contributed by atoms with E-state index in [1.807, 2.05) is 26.0 Å². The number of hydrogen-bond donors (Lipinski definition) is 0. The van der Waals surface area contributed by atoms with E-state index in [0.717, 1.165) is 21.2 Å². The van der Waals surface area contributed by atoms with Gasteiger partial charge in [-0.1, -0.05) is 21.1 Å². The van der Waals surface area contributed by atoms with Gasteiger partial charge in [0, 0.05) is 10.0 Å². The van der Waals surface area contributed by atoms with Crippen molar-refractivity contribution in [3.63, 3.8) is 0 Å². The summed E-state index contributed by atoms with van der Waals surface area (Å²) in [5.74, 6) is 0.528. The van der Waals surface area contributed by atoms with Crippen LogP contribution in [0.5, 0.6) is 0 Å².